The van der Waals surface area contributed by atoms with Crippen molar-refractivity contribution in [3.63, 3.8) is 0 Å². The number of hydrogen-bond acceptors (Lipinski definition) is 6. The van der Waals surface area contributed by atoms with Gasteiger partial charge in [-0.25, -0.2) is 16.8 Å². The van der Waals surface area contributed by atoms with Crippen LogP contribution in [-0.4, -0.2) is 41.0 Å². The highest BCUT2D eigenvalue weighted by atomic mass is 32.3. The van der Waals surface area contributed by atoms with Gasteiger partial charge >= 0.3 is 0 Å². The minimum Gasteiger partial charge on any atom is -0.493 e. The van der Waals surface area contributed by atoms with Gasteiger partial charge in [0.15, 0.2) is 11.5 Å². The molecule has 7 nitrogen and oxygen atoms in total. The molecule has 0 amide bonds. The van der Waals surface area contributed by atoms with E-state index in [0.717, 1.165) is 11.8 Å². The number of methoxy groups -OCH3 is 2. The van der Waals surface area contributed by atoms with Crippen LogP contribution in [0.3, 0.4) is 0 Å². The number of hydrogen-bond donors (Lipinski definition) is 0. The van der Waals surface area contributed by atoms with E-state index in [4.69, 9.17) is 9.47 Å². The van der Waals surface area contributed by atoms with Crippen molar-refractivity contribution in [1.29, 1.82) is 0 Å². The monoisotopic (exact) mass is 411 g/mol. The van der Waals surface area contributed by atoms with E-state index in [9.17, 15) is 16.8 Å². The van der Waals surface area contributed by atoms with Crippen molar-refractivity contribution in [3.05, 3.63) is 53.6 Å². The van der Waals surface area contributed by atoms with E-state index in [2.05, 4.69) is 0 Å². The third-order valence-electron chi connectivity index (χ3n) is 4.57. The van der Waals surface area contributed by atoms with Gasteiger partial charge < -0.3 is 9.47 Å². The van der Waals surface area contributed by atoms with Crippen LogP contribution in [0.2, 0.25) is 0 Å². The van der Waals surface area contributed by atoms with Crippen molar-refractivity contribution < 1.29 is 26.3 Å². The van der Waals surface area contributed by atoms with Crippen LogP contribution in [0.5, 0.6) is 11.5 Å². The fourth-order valence-corrected chi connectivity index (χ4v) is 7.03. The van der Waals surface area contributed by atoms with Crippen LogP contribution in [-0.2, 0) is 26.5 Å². The summed E-state index contributed by atoms with van der Waals surface area (Å²) >= 11 is 0. The van der Waals surface area contributed by atoms with E-state index in [-0.39, 0.29) is 10.6 Å². The van der Waals surface area contributed by atoms with Crippen LogP contribution in [0.1, 0.15) is 23.6 Å². The van der Waals surface area contributed by atoms with Gasteiger partial charge in [-0.2, -0.15) is 0 Å². The SMILES string of the molecule is COc1ccc(S(=O)(=O)N(C2CCc3ccccc32)S(C)(=O)=O)cc1OC. The lowest BCUT2D eigenvalue weighted by Crippen LogP contribution is -2.38. The molecule has 0 saturated heterocycles. The fourth-order valence-electron chi connectivity index (χ4n) is 3.41. The highest BCUT2D eigenvalue weighted by Gasteiger charge is 2.42. The first-order valence-corrected chi connectivity index (χ1v) is 11.5. The zero-order valence-corrected chi connectivity index (χ0v) is 16.9. The predicted molar refractivity (Wildman–Crippen MR) is 101 cm³/mol. The maximum atomic E-state index is 13.3. The van der Waals surface area contributed by atoms with Gasteiger partial charge in [0.05, 0.1) is 31.4 Å². The summed E-state index contributed by atoms with van der Waals surface area (Å²) in [6.45, 7) is 0. The number of sulfonamides is 2. The lowest BCUT2D eigenvalue weighted by atomic mass is 10.1. The molecule has 3 rings (SSSR count). The van der Waals surface area contributed by atoms with Gasteiger partial charge in [-0.1, -0.05) is 28.0 Å². The Balaban J connectivity index is 2.14. The lowest BCUT2D eigenvalue weighted by Gasteiger charge is -2.27. The second-order valence-corrected chi connectivity index (χ2v) is 10.2. The molecule has 1 aliphatic carbocycles. The molecule has 146 valence electrons. The maximum absolute atomic E-state index is 13.3. The van der Waals surface area contributed by atoms with Crippen molar-refractivity contribution in [1.82, 2.24) is 3.71 Å². The molecule has 1 aliphatic rings. The molecule has 1 unspecified atom stereocenters. The van der Waals surface area contributed by atoms with Crippen molar-refractivity contribution in [3.8, 4) is 11.5 Å². The molecule has 0 heterocycles. The Morgan fingerprint density at radius 3 is 2.26 bits per heavy atom. The fraction of sp³-hybridized carbons (Fsp3) is 0.333. The lowest BCUT2D eigenvalue weighted by molar-refractivity contribution is 0.353. The van der Waals surface area contributed by atoms with Gasteiger partial charge in [0, 0.05) is 6.07 Å². The second-order valence-electron chi connectivity index (χ2n) is 6.26. The molecule has 0 bridgehead atoms. The molecular weight excluding hydrogens is 390 g/mol. The number of benzene rings is 2. The first-order valence-electron chi connectivity index (χ1n) is 8.24. The number of ether oxygens (including phenoxy) is 2. The van der Waals surface area contributed by atoms with Gasteiger partial charge in [-0.3, -0.25) is 0 Å². The van der Waals surface area contributed by atoms with E-state index in [1.54, 1.807) is 12.1 Å². The maximum Gasteiger partial charge on any atom is 0.256 e. The molecule has 2 aromatic carbocycles. The van der Waals surface area contributed by atoms with Crippen molar-refractivity contribution in [2.24, 2.45) is 0 Å². The van der Waals surface area contributed by atoms with E-state index >= 15 is 0 Å². The molecule has 0 aromatic heterocycles. The highest BCUT2D eigenvalue weighted by molar-refractivity contribution is 8.03. The van der Waals surface area contributed by atoms with E-state index in [1.165, 1.54) is 32.4 Å². The minimum absolute atomic E-state index is 0.171. The molecule has 0 N–H and O–H groups in total. The van der Waals surface area contributed by atoms with Crippen molar-refractivity contribution in [2.75, 3.05) is 20.5 Å². The molecule has 9 heteroatoms. The van der Waals surface area contributed by atoms with E-state index < -0.39 is 26.1 Å². The Kier molecular flexibility index (Phi) is 5.20. The number of fused-ring (bicyclic) bond motifs is 1. The van der Waals surface area contributed by atoms with Crippen LogP contribution in [0, 0.1) is 0 Å². The summed E-state index contributed by atoms with van der Waals surface area (Å²) in [4.78, 5) is -0.171. The summed E-state index contributed by atoms with van der Waals surface area (Å²) in [5, 5.41) is 0. The first kappa shape index (κ1) is 19.7. The van der Waals surface area contributed by atoms with Crippen LogP contribution in [0.4, 0.5) is 0 Å². The number of rotatable bonds is 6. The summed E-state index contributed by atoms with van der Waals surface area (Å²) in [5.41, 5.74) is 1.67. The molecule has 2 aromatic rings. The molecule has 0 aliphatic heterocycles. The number of nitrogens with zero attached hydrogens (tertiary/aromatic N) is 1. The Labute approximate surface area is 159 Å². The normalized spacial score (nSPS) is 17.0. The summed E-state index contributed by atoms with van der Waals surface area (Å²) < 4.78 is 62.5. The minimum atomic E-state index is -4.33. The molecule has 0 fully saturated rings. The Morgan fingerprint density at radius 1 is 0.963 bits per heavy atom. The summed E-state index contributed by atoms with van der Waals surface area (Å²) in [6, 6.07) is 10.6. The molecule has 0 saturated carbocycles. The van der Waals surface area contributed by atoms with Crippen molar-refractivity contribution in [2.45, 2.75) is 23.8 Å². The predicted octanol–water partition coefficient (Wildman–Crippen LogP) is 2.34. The summed E-state index contributed by atoms with van der Waals surface area (Å²) in [7, 11) is -5.57. The average molecular weight is 412 g/mol. The highest BCUT2D eigenvalue weighted by Crippen LogP contribution is 2.41. The smallest absolute Gasteiger partial charge is 0.256 e. The Bertz CT molecular complexity index is 1060. The van der Waals surface area contributed by atoms with Gasteiger partial charge in [0.25, 0.3) is 10.0 Å². The molecule has 0 spiro atoms. The van der Waals surface area contributed by atoms with Crippen LogP contribution in [0.15, 0.2) is 47.4 Å². The van der Waals surface area contributed by atoms with Crippen LogP contribution in [0.25, 0.3) is 0 Å². The largest absolute Gasteiger partial charge is 0.493 e. The van der Waals surface area contributed by atoms with Crippen molar-refractivity contribution >= 4 is 20.0 Å². The van der Waals surface area contributed by atoms with Gasteiger partial charge in [0.2, 0.25) is 10.0 Å². The third kappa shape index (κ3) is 3.54. The topological polar surface area (TPSA) is 90.0 Å². The Morgan fingerprint density at radius 2 is 1.63 bits per heavy atom. The molecule has 1 atom stereocenters. The average Bonchev–Trinajstić information content (AvgIpc) is 3.03. The summed E-state index contributed by atoms with van der Waals surface area (Å²) in [5.74, 6) is 0.562. The zero-order valence-electron chi connectivity index (χ0n) is 15.2. The number of aryl methyl sites for hydroxylation is 1. The van der Waals surface area contributed by atoms with Gasteiger partial charge in [-0.05, 0) is 36.1 Å². The Hall–Kier alpha value is -2.10. The third-order valence-corrected chi connectivity index (χ3v) is 8.46. The molecular formula is C18H21NO6S2. The standard InChI is InChI=1S/C18H21NO6S2/c1-24-17-11-9-14(12-18(17)25-2)27(22,23)19(26(3,20)21)16-10-8-13-6-4-5-7-15(13)16/h4-7,9,11-12,16H,8,10H2,1-3H3. The molecule has 0 radical (unpaired) electrons. The van der Waals surface area contributed by atoms with Crippen LogP contribution >= 0.6 is 0 Å². The quantitative estimate of drug-likeness (QED) is 0.725. The van der Waals surface area contributed by atoms with E-state index in [1.807, 2.05) is 12.1 Å². The summed E-state index contributed by atoms with van der Waals surface area (Å²) in [6.07, 6.45) is 1.93. The van der Waals surface area contributed by atoms with Gasteiger partial charge in [-0.15, -0.1) is 0 Å². The van der Waals surface area contributed by atoms with Crippen LogP contribution < -0.4 is 9.47 Å². The van der Waals surface area contributed by atoms with Gasteiger partial charge in [0.1, 0.15) is 0 Å². The zero-order chi connectivity index (χ0) is 19.8. The molecule has 27 heavy (non-hydrogen) atoms. The van der Waals surface area contributed by atoms with E-state index in [0.29, 0.717) is 27.9 Å². The first-order chi connectivity index (χ1) is 12.7. The second kappa shape index (κ2) is 7.14.